The average Bonchev–Trinajstić information content (AvgIpc) is 2.61. The van der Waals surface area contributed by atoms with Crippen LogP contribution in [0.2, 0.25) is 0 Å². The molecule has 2 N–H and O–H groups in total. The molecule has 1 aromatic carbocycles. The van der Waals surface area contributed by atoms with E-state index in [1.807, 2.05) is 0 Å². The fraction of sp³-hybridized carbons (Fsp3) is 0.444. The Hall–Kier alpha value is -2.35. The summed E-state index contributed by atoms with van der Waals surface area (Å²) in [5, 5.41) is 11.1. The first-order valence-electron chi connectivity index (χ1n) is 8.63. The Morgan fingerprint density at radius 2 is 1.73 bits per heavy atom. The van der Waals surface area contributed by atoms with E-state index in [0.29, 0.717) is 17.1 Å². The number of sulfonamides is 1. The molecule has 1 aromatic heterocycles. The highest BCUT2D eigenvalue weighted by Gasteiger charge is 2.19. The molecule has 0 fully saturated rings. The van der Waals surface area contributed by atoms with Gasteiger partial charge in [-0.25, -0.2) is 8.42 Å². The maximum absolute atomic E-state index is 12.7. The molecule has 0 aliphatic heterocycles. The van der Waals surface area contributed by atoms with Crippen LogP contribution in [0.3, 0.4) is 0 Å². The second kappa shape index (κ2) is 8.84. The molecule has 0 amide bonds. The largest absolute Gasteiger partial charge is 0.496 e. The molecule has 8 heteroatoms. The number of unbranched alkanes of at least 4 members (excludes halogenated alkanes) is 2. The minimum atomic E-state index is -3.76. The molecule has 0 saturated heterocycles. The summed E-state index contributed by atoms with van der Waals surface area (Å²) in [6, 6.07) is 6.60. The van der Waals surface area contributed by atoms with Crippen LogP contribution in [0.5, 0.6) is 5.75 Å². The standard InChI is InChI=1S/C18H26N4O3S/c1-5-6-7-10-19-17-8-9-18(21-20-17)22-26(23,24)16-12-13(2)15(25-4)11-14(16)3/h8-9,11-12H,5-7,10H2,1-4H3,(H,19,20)(H,21,22). The third-order valence-corrected chi connectivity index (χ3v) is 5.47. The number of rotatable bonds is 9. The van der Waals surface area contributed by atoms with Gasteiger partial charge in [-0.05, 0) is 55.7 Å². The van der Waals surface area contributed by atoms with Crippen LogP contribution < -0.4 is 14.8 Å². The number of hydrogen-bond acceptors (Lipinski definition) is 6. The Balaban J connectivity index is 2.11. The van der Waals surface area contributed by atoms with Crippen LogP contribution in [0, 0.1) is 13.8 Å². The number of anilines is 2. The lowest BCUT2D eigenvalue weighted by molar-refractivity contribution is 0.411. The van der Waals surface area contributed by atoms with Crippen molar-refractivity contribution in [1.82, 2.24) is 10.2 Å². The van der Waals surface area contributed by atoms with Gasteiger partial charge in [0.05, 0.1) is 12.0 Å². The van der Waals surface area contributed by atoms with Gasteiger partial charge in [-0.1, -0.05) is 19.8 Å². The van der Waals surface area contributed by atoms with E-state index >= 15 is 0 Å². The number of aryl methyl sites for hydroxylation is 2. The predicted octanol–water partition coefficient (Wildman–Crippen LogP) is 3.50. The van der Waals surface area contributed by atoms with E-state index in [2.05, 4.69) is 27.2 Å². The van der Waals surface area contributed by atoms with Crippen molar-refractivity contribution in [2.75, 3.05) is 23.7 Å². The summed E-state index contributed by atoms with van der Waals surface area (Å²) in [6.45, 7) is 6.49. The van der Waals surface area contributed by atoms with Gasteiger partial charge in [-0.15, -0.1) is 10.2 Å². The molecule has 0 unspecified atom stereocenters. The van der Waals surface area contributed by atoms with Gasteiger partial charge in [0.25, 0.3) is 10.0 Å². The first-order valence-corrected chi connectivity index (χ1v) is 10.1. The zero-order chi connectivity index (χ0) is 19.2. The minimum absolute atomic E-state index is 0.178. The predicted molar refractivity (Wildman–Crippen MR) is 103 cm³/mol. The van der Waals surface area contributed by atoms with Crippen LogP contribution in [0.25, 0.3) is 0 Å². The van der Waals surface area contributed by atoms with Crippen molar-refractivity contribution in [2.24, 2.45) is 0 Å². The van der Waals surface area contributed by atoms with Crippen LogP contribution in [0.1, 0.15) is 37.3 Å². The Morgan fingerprint density at radius 1 is 1.04 bits per heavy atom. The van der Waals surface area contributed by atoms with Crippen molar-refractivity contribution < 1.29 is 13.2 Å². The number of nitrogens with one attached hydrogen (secondary N) is 2. The van der Waals surface area contributed by atoms with Gasteiger partial charge in [0, 0.05) is 6.54 Å². The Bertz CT molecular complexity index is 836. The normalized spacial score (nSPS) is 11.2. The van der Waals surface area contributed by atoms with Crippen molar-refractivity contribution >= 4 is 21.7 Å². The third-order valence-electron chi connectivity index (χ3n) is 3.97. The lowest BCUT2D eigenvalue weighted by Gasteiger charge is -2.13. The summed E-state index contributed by atoms with van der Waals surface area (Å²) < 4.78 is 33.0. The molecule has 2 rings (SSSR count). The van der Waals surface area contributed by atoms with Gasteiger partial charge >= 0.3 is 0 Å². The Kier molecular flexibility index (Phi) is 6.79. The number of nitrogens with zero attached hydrogens (tertiary/aromatic N) is 2. The highest BCUT2D eigenvalue weighted by Crippen LogP contribution is 2.26. The molecule has 0 radical (unpaired) electrons. The summed E-state index contributed by atoms with van der Waals surface area (Å²) in [5.41, 5.74) is 1.35. The van der Waals surface area contributed by atoms with E-state index in [9.17, 15) is 8.42 Å². The molecule has 0 atom stereocenters. The Morgan fingerprint density at radius 3 is 2.35 bits per heavy atom. The van der Waals surface area contributed by atoms with Crippen molar-refractivity contribution in [2.45, 2.75) is 44.9 Å². The summed E-state index contributed by atoms with van der Waals surface area (Å²) >= 11 is 0. The van der Waals surface area contributed by atoms with Crippen LogP contribution >= 0.6 is 0 Å². The number of ether oxygens (including phenoxy) is 1. The van der Waals surface area contributed by atoms with Crippen molar-refractivity contribution in [3.63, 3.8) is 0 Å². The van der Waals surface area contributed by atoms with Crippen LogP contribution in [-0.2, 0) is 10.0 Å². The minimum Gasteiger partial charge on any atom is -0.496 e. The summed E-state index contributed by atoms with van der Waals surface area (Å²) in [4.78, 5) is 0.194. The molecule has 142 valence electrons. The topological polar surface area (TPSA) is 93.2 Å². The smallest absolute Gasteiger partial charge is 0.263 e. The van der Waals surface area contributed by atoms with Gasteiger partial charge in [-0.2, -0.15) is 0 Å². The molecule has 0 aliphatic carbocycles. The fourth-order valence-corrected chi connectivity index (χ4v) is 3.85. The zero-order valence-electron chi connectivity index (χ0n) is 15.7. The van der Waals surface area contributed by atoms with E-state index in [1.165, 1.54) is 0 Å². The lowest BCUT2D eigenvalue weighted by Crippen LogP contribution is -2.16. The molecule has 0 spiro atoms. The maximum atomic E-state index is 12.7. The van der Waals surface area contributed by atoms with Gasteiger partial charge in [0.15, 0.2) is 5.82 Å². The van der Waals surface area contributed by atoms with Gasteiger partial charge in [0.1, 0.15) is 11.6 Å². The molecule has 7 nitrogen and oxygen atoms in total. The van der Waals surface area contributed by atoms with Crippen LogP contribution in [0.15, 0.2) is 29.2 Å². The zero-order valence-corrected chi connectivity index (χ0v) is 16.5. The maximum Gasteiger partial charge on any atom is 0.263 e. The lowest BCUT2D eigenvalue weighted by atomic mass is 10.1. The second-order valence-corrected chi connectivity index (χ2v) is 7.78. The van der Waals surface area contributed by atoms with E-state index in [0.717, 1.165) is 31.4 Å². The van der Waals surface area contributed by atoms with Crippen molar-refractivity contribution in [1.29, 1.82) is 0 Å². The van der Waals surface area contributed by atoms with Crippen LogP contribution in [-0.4, -0.2) is 32.3 Å². The summed E-state index contributed by atoms with van der Waals surface area (Å²) in [5.74, 6) is 1.46. The van der Waals surface area contributed by atoms with Gasteiger partial charge < -0.3 is 10.1 Å². The molecule has 0 saturated carbocycles. The molecule has 26 heavy (non-hydrogen) atoms. The number of aromatic nitrogens is 2. The highest BCUT2D eigenvalue weighted by atomic mass is 32.2. The molecule has 1 heterocycles. The van der Waals surface area contributed by atoms with Crippen molar-refractivity contribution in [3.8, 4) is 5.75 Å². The van der Waals surface area contributed by atoms with Gasteiger partial charge in [0.2, 0.25) is 0 Å². The second-order valence-electron chi connectivity index (χ2n) is 6.13. The highest BCUT2D eigenvalue weighted by molar-refractivity contribution is 7.92. The first-order chi connectivity index (χ1) is 12.4. The summed E-state index contributed by atoms with van der Waals surface area (Å²) in [7, 11) is -2.20. The van der Waals surface area contributed by atoms with Crippen molar-refractivity contribution in [3.05, 3.63) is 35.4 Å². The average molecular weight is 378 g/mol. The third kappa shape index (κ3) is 5.08. The number of hydrogen-bond donors (Lipinski definition) is 2. The Labute approximate surface area is 155 Å². The monoisotopic (exact) mass is 378 g/mol. The van der Waals surface area contributed by atoms with E-state index < -0.39 is 10.0 Å². The molecular weight excluding hydrogens is 352 g/mol. The number of methoxy groups -OCH3 is 1. The van der Waals surface area contributed by atoms with E-state index in [4.69, 9.17) is 4.74 Å². The van der Waals surface area contributed by atoms with E-state index in [1.54, 1.807) is 45.2 Å². The van der Waals surface area contributed by atoms with Gasteiger partial charge in [-0.3, -0.25) is 4.72 Å². The summed E-state index contributed by atoms with van der Waals surface area (Å²) in [6.07, 6.45) is 3.36. The van der Waals surface area contributed by atoms with Crippen LogP contribution in [0.4, 0.5) is 11.6 Å². The molecule has 2 aromatic rings. The quantitative estimate of drug-likeness (QED) is 0.649. The molecule has 0 bridgehead atoms. The molecule has 0 aliphatic rings. The fourth-order valence-electron chi connectivity index (χ4n) is 2.54. The first kappa shape index (κ1) is 20.0. The number of benzene rings is 1. The SMILES string of the molecule is CCCCCNc1ccc(NS(=O)(=O)c2cc(C)c(OC)cc2C)nn1. The van der Waals surface area contributed by atoms with E-state index in [-0.39, 0.29) is 10.7 Å². The molecular formula is C18H26N4O3S.